The van der Waals surface area contributed by atoms with Crippen LogP contribution in [0, 0.1) is 0 Å². The molecule has 0 atom stereocenters. The lowest BCUT2D eigenvalue weighted by molar-refractivity contribution is -0.268. The van der Waals surface area contributed by atoms with Crippen LogP contribution in [0.25, 0.3) is 0 Å². The molecule has 0 N–H and O–H groups in total. The maximum Gasteiger partial charge on any atom is 0.459 e. The van der Waals surface area contributed by atoms with E-state index in [1.807, 2.05) is 0 Å². The van der Waals surface area contributed by atoms with Gasteiger partial charge in [-0.15, -0.1) is 0 Å². The second kappa shape index (κ2) is 3.57. The molecular weight excluding hydrogens is 199 g/mol. The first-order valence-corrected chi connectivity index (χ1v) is 3.24. The molecule has 7 heteroatoms. The Hall–Kier alpha value is -0.720. The van der Waals surface area contributed by atoms with Crippen molar-refractivity contribution in [1.82, 2.24) is 0 Å². The van der Waals surface area contributed by atoms with Gasteiger partial charge in [-0.1, -0.05) is 0 Å². The molecular formula is C6H7F5O2. The van der Waals surface area contributed by atoms with Gasteiger partial charge >= 0.3 is 18.1 Å². The fourth-order valence-corrected chi connectivity index (χ4v) is 0.515. The maximum atomic E-state index is 12.3. The number of carbonyl (C=O) groups excluding carboxylic acids is 1. The van der Waals surface area contributed by atoms with Crippen LogP contribution >= 0.6 is 0 Å². The first kappa shape index (κ1) is 12.3. The molecule has 78 valence electrons. The summed E-state index contributed by atoms with van der Waals surface area (Å²) in [5.74, 6) is -3.19. The Morgan fingerprint density at radius 1 is 1.15 bits per heavy atom. The average Bonchev–Trinajstić information content (AvgIpc) is 1.80. The van der Waals surface area contributed by atoms with Crippen LogP contribution in [0.2, 0.25) is 0 Å². The second-order valence-corrected chi connectivity index (χ2v) is 2.51. The molecule has 0 amide bonds. The van der Waals surface area contributed by atoms with Crippen LogP contribution in [0.3, 0.4) is 0 Å². The molecule has 0 spiro atoms. The summed E-state index contributed by atoms with van der Waals surface area (Å²) in [4.78, 5) is 10.0. The molecule has 0 unspecified atom stereocenters. The number of alkyl halides is 5. The van der Waals surface area contributed by atoms with Crippen molar-refractivity contribution in [3.8, 4) is 0 Å². The summed E-state index contributed by atoms with van der Waals surface area (Å²) in [6.45, 7) is 2.19. The van der Waals surface area contributed by atoms with Crippen molar-refractivity contribution < 1.29 is 31.5 Å². The van der Waals surface area contributed by atoms with Crippen LogP contribution in [0.4, 0.5) is 22.0 Å². The fourth-order valence-electron chi connectivity index (χ4n) is 0.515. The number of hydrogen-bond acceptors (Lipinski definition) is 2. The second-order valence-electron chi connectivity index (χ2n) is 2.51. The number of halogens is 5. The molecule has 0 saturated heterocycles. The number of rotatable bonds is 3. The topological polar surface area (TPSA) is 26.3 Å². The van der Waals surface area contributed by atoms with E-state index in [0.717, 1.165) is 13.8 Å². The third-order valence-corrected chi connectivity index (χ3v) is 0.906. The lowest BCUT2D eigenvalue weighted by Crippen LogP contribution is -2.43. The van der Waals surface area contributed by atoms with Crippen molar-refractivity contribution in [2.75, 3.05) is 0 Å². The van der Waals surface area contributed by atoms with Crippen molar-refractivity contribution in [2.24, 2.45) is 0 Å². The highest BCUT2D eigenvalue weighted by molar-refractivity contribution is 5.89. The summed E-state index contributed by atoms with van der Waals surface area (Å²) in [6, 6.07) is 0. The molecule has 0 saturated carbocycles. The Morgan fingerprint density at radius 2 is 1.54 bits per heavy atom. The number of carbonyl (C=O) groups is 1. The van der Waals surface area contributed by atoms with Crippen molar-refractivity contribution in [3.63, 3.8) is 0 Å². The Bertz CT molecular complexity index is 196. The third kappa shape index (κ3) is 3.67. The molecule has 0 bridgehead atoms. The standard InChI is InChI=1S/C6H7F5O2/c1-3(2)13-6(10,11)4(12)5(7,8)9/h3H,1-2H3. The van der Waals surface area contributed by atoms with Crippen molar-refractivity contribution >= 4 is 5.78 Å². The minimum Gasteiger partial charge on any atom is -0.311 e. The molecule has 2 nitrogen and oxygen atoms in total. The van der Waals surface area contributed by atoms with E-state index in [1.54, 1.807) is 0 Å². The number of Topliss-reactive ketones (excluding diaryl/α,β-unsaturated/α-hetero) is 1. The Labute approximate surface area is 70.7 Å². The highest BCUT2D eigenvalue weighted by atomic mass is 19.4. The molecule has 0 aliphatic heterocycles. The smallest absolute Gasteiger partial charge is 0.311 e. The zero-order chi connectivity index (χ0) is 10.9. The van der Waals surface area contributed by atoms with Gasteiger partial charge in [-0.25, -0.2) is 0 Å². The van der Waals surface area contributed by atoms with Gasteiger partial charge in [-0.3, -0.25) is 4.79 Å². The van der Waals surface area contributed by atoms with Crippen molar-refractivity contribution in [1.29, 1.82) is 0 Å². The van der Waals surface area contributed by atoms with E-state index in [1.165, 1.54) is 0 Å². The van der Waals surface area contributed by atoms with Gasteiger partial charge in [0.25, 0.3) is 0 Å². The van der Waals surface area contributed by atoms with Crippen LogP contribution in [-0.2, 0) is 9.53 Å². The largest absolute Gasteiger partial charge is 0.459 e. The zero-order valence-electron chi connectivity index (χ0n) is 6.78. The summed E-state index contributed by atoms with van der Waals surface area (Å²) in [5.41, 5.74) is 0. The first-order chi connectivity index (χ1) is 5.57. The Kier molecular flexibility index (Phi) is 3.37. The van der Waals surface area contributed by atoms with Gasteiger partial charge < -0.3 is 4.74 Å². The van der Waals surface area contributed by atoms with Crippen LogP contribution in [0.5, 0.6) is 0 Å². The van der Waals surface area contributed by atoms with Gasteiger partial charge in [0.15, 0.2) is 0 Å². The fraction of sp³-hybridized carbons (Fsp3) is 0.833. The van der Waals surface area contributed by atoms with Gasteiger partial charge in [0, 0.05) is 0 Å². The number of hydrogen-bond donors (Lipinski definition) is 0. The van der Waals surface area contributed by atoms with Gasteiger partial charge in [-0.05, 0) is 13.8 Å². The summed E-state index contributed by atoms with van der Waals surface area (Å²) in [7, 11) is 0. The number of ketones is 1. The minimum absolute atomic E-state index is 1.09. The van der Waals surface area contributed by atoms with E-state index in [4.69, 9.17) is 0 Å². The molecule has 0 heterocycles. The molecule has 13 heavy (non-hydrogen) atoms. The zero-order valence-corrected chi connectivity index (χ0v) is 6.78. The van der Waals surface area contributed by atoms with Crippen LogP contribution < -0.4 is 0 Å². The Morgan fingerprint density at radius 3 is 1.77 bits per heavy atom. The summed E-state index contributed by atoms with van der Waals surface area (Å²) < 4.78 is 62.5. The van der Waals surface area contributed by atoms with E-state index in [9.17, 15) is 26.7 Å². The first-order valence-electron chi connectivity index (χ1n) is 3.24. The van der Waals surface area contributed by atoms with Crippen LogP contribution in [0.1, 0.15) is 13.8 Å². The average molecular weight is 206 g/mol. The van der Waals surface area contributed by atoms with E-state index in [0.29, 0.717) is 0 Å². The highest BCUT2D eigenvalue weighted by Crippen LogP contribution is 2.29. The van der Waals surface area contributed by atoms with Gasteiger partial charge in [0.1, 0.15) is 0 Å². The molecule has 0 aromatic heterocycles. The normalized spacial score (nSPS) is 13.5. The lowest BCUT2D eigenvalue weighted by Gasteiger charge is -2.18. The van der Waals surface area contributed by atoms with E-state index < -0.39 is 24.2 Å². The molecule has 0 aliphatic carbocycles. The maximum absolute atomic E-state index is 12.3. The summed E-state index contributed by atoms with van der Waals surface area (Å²) in [5, 5.41) is 0. The van der Waals surface area contributed by atoms with E-state index in [2.05, 4.69) is 4.74 Å². The Balaban J connectivity index is 4.55. The predicted molar refractivity (Wildman–Crippen MR) is 32.2 cm³/mol. The van der Waals surface area contributed by atoms with Crippen LogP contribution in [-0.4, -0.2) is 24.2 Å². The van der Waals surface area contributed by atoms with Gasteiger partial charge in [0.2, 0.25) is 0 Å². The van der Waals surface area contributed by atoms with Crippen molar-refractivity contribution in [3.05, 3.63) is 0 Å². The monoisotopic (exact) mass is 206 g/mol. The summed E-state index contributed by atoms with van der Waals surface area (Å²) in [6.07, 6.45) is -11.5. The molecule has 0 rings (SSSR count). The SMILES string of the molecule is CC(C)OC(F)(F)C(=O)C(F)(F)F. The van der Waals surface area contributed by atoms with E-state index in [-0.39, 0.29) is 0 Å². The molecule has 0 radical (unpaired) electrons. The summed E-state index contributed by atoms with van der Waals surface area (Å²) >= 11 is 0. The lowest BCUT2D eigenvalue weighted by atomic mass is 10.3. The van der Waals surface area contributed by atoms with Gasteiger partial charge in [-0.2, -0.15) is 22.0 Å². The molecule has 0 aromatic carbocycles. The molecule has 0 fully saturated rings. The molecule has 0 aromatic rings. The highest BCUT2D eigenvalue weighted by Gasteiger charge is 2.56. The quantitative estimate of drug-likeness (QED) is 0.661. The predicted octanol–water partition coefficient (Wildman–Crippen LogP) is 2.14. The number of ether oxygens (including phenoxy) is 1. The van der Waals surface area contributed by atoms with E-state index >= 15 is 0 Å². The third-order valence-electron chi connectivity index (χ3n) is 0.906. The van der Waals surface area contributed by atoms with Crippen molar-refractivity contribution in [2.45, 2.75) is 32.2 Å². The molecule has 0 aliphatic rings. The van der Waals surface area contributed by atoms with Gasteiger partial charge in [0.05, 0.1) is 6.10 Å². The minimum atomic E-state index is -5.58. The van der Waals surface area contributed by atoms with Crippen LogP contribution in [0.15, 0.2) is 0 Å².